The molecule has 0 aliphatic heterocycles. The Kier molecular flexibility index (Phi) is 8.38. The van der Waals surface area contributed by atoms with Crippen LogP contribution in [0.4, 0.5) is 0 Å². The molecule has 0 aromatic carbocycles. The van der Waals surface area contributed by atoms with Gasteiger partial charge in [0.1, 0.15) is 0 Å². The van der Waals surface area contributed by atoms with Crippen molar-refractivity contribution in [3.63, 3.8) is 0 Å². The number of rotatable bonds is 8. The number of carbonyl (C=O) groups is 1. The van der Waals surface area contributed by atoms with Gasteiger partial charge in [-0.2, -0.15) is 0 Å². The van der Waals surface area contributed by atoms with Crippen LogP contribution in [0.3, 0.4) is 0 Å². The van der Waals surface area contributed by atoms with Crippen molar-refractivity contribution in [1.82, 2.24) is 4.90 Å². The van der Waals surface area contributed by atoms with Crippen molar-refractivity contribution in [2.75, 3.05) is 13.6 Å². The molecule has 0 heterocycles. The molecule has 0 aromatic rings. The first-order valence-corrected chi connectivity index (χ1v) is 6.11. The van der Waals surface area contributed by atoms with Crippen molar-refractivity contribution in [2.24, 2.45) is 5.73 Å². The zero-order valence-corrected chi connectivity index (χ0v) is 10.5. The van der Waals surface area contributed by atoms with Crippen LogP contribution in [0.1, 0.15) is 52.4 Å². The molecule has 3 nitrogen and oxygen atoms in total. The van der Waals surface area contributed by atoms with Gasteiger partial charge in [0.05, 0.1) is 0 Å². The van der Waals surface area contributed by atoms with Crippen LogP contribution in [-0.4, -0.2) is 30.4 Å². The molecule has 2 N–H and O–H groups in total. The Morgan fingerprint density at radius 3 is 2.47 bits per heavy atom. The zero-order valence-electron chi connectivity index (χ0n) is 10.5. The van der Waals surface area contributed by atoms with Gasteiger partial charge in [-0.3, -0.25) is 4.79 Å². The first-order valence-electron chi connectivity index (χ1n) is 6.11. The third kappa shape index (κ3) is 7.37. The lowest BCUT2D eigenvalue weighted by atomic mass is 10.1. The number of unbranched alkanes of at least 4 members (excludes halogenated alkanes) is 2. The molecule has 0 aromatic heterocycles. The molecule has 0 rings (SSSR count). The van der Waals surface area contributed by atoms with Gasteiger partial charge in [0.15, 0.2) is 0 Å². The minimum Gasteiger partial charge on any atom is -0.346 e. The van der Waals surface area contributed by atoms with Crippen molar-refractivity contribution in [2.45, 2.75) is 58.4 Å². The molecule has 0 bridgehead atoms. The normalized spacial score (nSPS) is 12.5. The van der Waals surface area contributed by atoms with Gasteiger partial charge >= 0.3 is 0 Å². The Hall–Kier alpha value is -0.570. The largest absolute Gasteiger partial charge is 0.346 e. The Balaban J connectivity index is 3.68. The molecular formula is C12H26N2O. The number of nitrogens with two attached hydrogens (primary N) is 1. The van der Waals surface area contributed by atoms with Gasteiger partial charge in [0.25, 0.3) is 0 Å². The average molecular weight is 214 g/mol. The van der Waals surface area contributed by atoms with Gasteiger partial charge in [-0.05, 0) is 12.8 Å². The summed E-state index contributed by atoms with van der Waals surface area (Å²) in [6.07, 6.45) is 5.97. The van der Waals surface area contributed by atoms with Crippen LogP contribution in [0.15, 0.2) is 0 Å². The Labute approximate surface area is 94.0 Å². The minimum atomic E-state index is 0.0381. The van der Waals surface area contributed by atoms with Gasteiger partial charge in [0.2, 0.25) is 5.91 Å². The van der Waals surface area contributed by atoms with E-state index in [-0.39, 0.29) is 11.9 Å². The Morgan fingerprint density at radius 1 is 1.27 bits per heavy atom. The van der Waals surface area contributed by atoms with Crippen molar-refractivity contribution in [3.05, 3.63) is 0 Å². The molecule has 0 fully saturated rings. The van der Waals surface area contributed by atoms with E-state index in [2.05, 4.69) is 13.8 Å². The third-order valence-electron chi connectivity index (χ3n) is 2.62. The number of hydrogen-bond donors (Lipinski definition) is 1. The van der Waals surface area contributed by atoms with Gasteiger partial charge in [-0.25, -0.2) is 0 Å². The topological polar surface area (TPSA) is 46.3 Å². The summed E-state index contributed by atoms with van der Waals surface area (Å²) in [5.41, 5.74) is 5.83. The first kappa shape index (κ1) is 14.4. The predicted octanol–water partition coefficient (Wildman–Crippen LogP) is 2.15. The van der Waals surface area contributed by atoms with Crippen LogP contribution in [0.5, 0.6) is 0 Å². The molecule has 90 valence electrons. The highest BCUT2D eigenvalue weighted by molar-refractivity contribution is 5.76. The first-order chi connectivity index (χ1) is 7.11. The molecule has 0 saturated carbocycles. The fourth-order valence-electron chi connectivity index (χ4n) is 1.58. The molecule has 0 aliphatic rings. The van der Waals surface area contributed by atoms with Gasteiger partial charge in [0, 0.05) is 26.1 Å². The van der Waals surface area contributed by atoms with Crippen LogP contribution in [0.25, 0.3) is 0 Å². The highest BCUT2D eigenvalue weighted by Gasteiger charge is 2.12. The fraction of sp³-hybridized carbons (Fsp3) is 0.917. The zero-order chi connectivity index (χ0) is 11.7. The summed E-state index contributed by atoms with van der Waals surface area (Å²) in [6.45, 7) is 5.12. The lowest BCUT2D eigenvalue weighted by Gasteiger charge is -2.19. The highest BCUT2D eigenvalue weighted by Crippen LogP contribution is 2.03. The Bertz CT molecular complexity index is 171. The summed E-state index contributed by atoms with van der Waals surface area (Å²) in [4.78, 5) is 13.5. The van der Waals surface area contributed by atoms with E-state index in [0.717, 1.165) is 25.8 Å². The second-order valence-electron chi connectivity index (χ2n) is 4.28. The second kappa shape index (κ2) is 8.72. The smallest absolute Gasteiger partial charge is 0.223 e. The van der Waals surface area contributed by atoms with Gasteiger partial charge in [-0.1, -0.05) is 33.1 Å². The SMILES string of the molecule is CCCCCN(C)C(=O)CC(N)CCC. The van der Waals surface area contributed by atoms with Crippen molar-refractivity contribution in [3.8, 4) is 0 Å². The maximum Gasteiger partial charge on any atom is 0.223 e. The molecule has 0 spiro atoms. The van der Waals surface area contributed by atoms with E-state index in [4.69, 9.17) is 5.73 Å². The third-order valence-corrected chi connectivity index (χ3v) is 2.62. The summed E-state index contributed by atoms with van der Waals surface area (Å²) in [7, 11) is 1.87. The van der Waals surface area contributed by atoms with E-state index in [1.54, 1.807) is 0 Å². The van der Waals surface area contributed by atoms with E-state index in [1.165, 1.54) is 12.8 Å². The van der Waals surface area contributed by atoms with Gasteiger partial charge < -0.3 is 10.6 Å². The van der Waals surface area contributed by atoms with E-state index >= 15 is 0 Å². The van der Waals surface area contributed by atoms with E-state index in [9.17, 15) is 4.79 Å². The number of amides is 1. The molecule has 1 amide bonds. The summed E-state index contributed by atoms with van der Waals surface area (Å²) >= 11 is 0. The molecule has 0 saturated heterocycles. The molecule has 3 heteroatoms. The standard InChI is InChI=1S/C12H26N2O/c1-4-6-7-9-14(3)12(15)10-11(13)8-5-2/h11H,4-10,13H2,1-3H3. The van der Waals surface area contributed by atoms with Crippen molar-refractivity contribution >= 4 is 5.91 Å². The lowest BCUT2D eigenvalue weighted by molar-refractivity contribution is -0.130. The summed E-state index contributed by atoms with van der Waals surface area (Å²) in [5.74, 6) is 0.187. The summed E-state index contributed by atoms with van der Waals surface area (Å²) in [6, 6.07) is 0.0381. The van der Waals surface area contributed by atoms with Crippen LogP contribution in [-0.2, 0) is 4.79 Å². The Morgan fingerprint density at radius 2 is 1.93 bits per heavy atom. The molecule has 15 heavy (non-hydrogen) atoms. The highest BCUT2D eigenvalue weighted by atomic mass is 16.2. The van der Waals surface area contributed by atoms with Crippen LogP contribution in [0, 0.1) is 0 Å². The van der Waals surface area contributed by atoms with E-state index in [1.807, 2.05) is 11.9 Å². The maximum absolute atomic E-state index is 11.7. The monoisotopic (exact) mass is 214 g/mol. The number of hydrogen-bond acceptors (Lipinski definition) is 2. The summed E-state index contributed by atoms with van der Waals surface area (Å²) < 4.78 is 0. The van der Waals surface area contributed by atoms with Crippen LogP contribution in [0.2, 0.25) is 0 Å². The lowest BCUT2D eigenvalue weighted by Crippen LogP contribution is -2.33. The molecule has 0 radical (unpaired) electrons. The minimum absolute atomic E-state index is 0.0381. The molecule has 0 aliphatic carbocycles. The molecular weight excluding hydrogens is 188 g/mol. The second-order valence-corrected chi connectivity index (χ2v) is 4.28. The van der Waals surface area contributed by atoms with Crippen LogP contribution < -0.4 is 5.73 Å². The maximum atomic E-state index is 11.7. The van der Waals surface area contributed by atoms with E-state index in [0.29, 0.717) is 6.42 Å². The quantitative estimate of drug-likeness (QED) is 0.629. The molecule has 1 unspecified atom stereocenters. The average Bonchev–Trinajstić information content (AvgIpc) is 2.18. The van der Waals surface area contributed by atoms with E-state index < -0.39 is 0 Å². The number of nitrogens with zero attached hydrogens (tertiary/aromatic N) is 1. The molecule has 1 atom stereocenters. The predicted molar refractivity (Wildman–Crippen MR) is 64.7 cm³/mol. The van der Waals surface area contributed by atoms with Crippen LogP contribution >= 0.6 is 0 Å². The van der Waals surface area contributed by atoms with Gasteiger partial charge in [-0.15, -0.1) is 0 Å². The number of carbonyl (C=O) groups excluding carboxylic acids is 1. The van der Waals surface area contributed by atoms with Crippen molar-refractivity contribution < 1.29 is 4.79 Å². The van der Waals surface area contributed by atoms with Crippen molar-refractivity contribution in [1.29, 1.82) is 0 Å². The summed E-state index contributed by atoms with van der Waals surface area (Å²) in [5, 5.41) is 0. The fourth-order valence-corrected chi connectivity index (χ4v) is 1.58.